The topological polar surface area (TPSA) is 127 Å². The van der Waals surface area contributed by atoms with Crippen molar-refractivity contribution >= 4 is 28.5 Å². The molecule has 0 saturated carbocycles. The Morgan fingerprint density at radius 3 is 2.65 bits per heavy atom. The third-order valence-corrected chi connectivity index (χ3v) is 3.12. The zero-order valence-electron chi connectivity index (χ0n) is 12.5. The number of hydrogen-bond acceptors (Lipinski definition) is 6. The summed E-state index contributed by atoms with van der Waals surface area (Å²) in [7, 11) is 0. The molecule has 1 heterocycles. The van der Waals surface area contributed by atoms with Crippen LogP contribution in [-0.4, -0.2) is 17.5 Å². The lowest BCUT2D eigenvalue weighted by molar-refractivity contribution is -0.126. The number of hydrazone groups is 1. The Labute approximate surface area is 131 Å². The summed E-state index contributed by atoms with van der Waals surface area (Å²) in [5.74, 6) is 4.01. The first-order chi connectivity index (χ1) is 11.0. The monoisotopic (exact) mass is 316 g/mol. The molecule has 2 rings (SSSR count). The number of nitrogens with two attached hydrogens (primary N) is 1. The van der Waals surface area contributed by atoms with E-state index < -0.39 is 17.4 Å². The van der Waals surface area contributed by atoms with Crippen LogP contribution in [0.1, 0.15) is 25.3 Å². The zero-order chi connectivity index (χ0) is 16.8. The van der Waals surface area contributed by atoms with Crippen molar-refractivity contribution in [2.45, 2.75) is 19.8 Å². The lowest BCUT2D eigenvalue weighted by atomic mass is 10.1. The Morgan fingerprint density at radius 2 is 1.91 bits per heavy atom. The Morgan fingerprint density at radius 1 is 1.22 bits per heavy atom. The Hall–Kier alpha value is -3.00. The van der Waals surface area contributed by atoms with Gasteiger partial charge in [-0.1, -0.05) is 18.2 Å². The minimum Gasteiger partial charge on any atom is -0.422 e. The summed E-state index contributed by atoms with van der Waals surface area (Å²) < 4.78 is 5.20. The van der Waals surface area contributed by atoms with E-state index >= 15 is 0 Å². The molecule has 0 aliphatic rings. The molecule has 8 heteroatoms. The van der Waals surface area contributed by atoms with Crippen molar-refractivity contribution in [1.29, 1.82) is 0 Å². The van der Waals surface area contributed by atoms with Gasteiger partial charge in [-0.25, -0.2) is 16.1 Å². The molecule has 0 aliphatic heterocycles. The molecule has 120 valence electrons. The summed E-state index contributed by atoms with van der Waals surface area (Å²) in [5.41, 5.74) is 4.71. The maximum atomic E-state index is 11.9. The molecule has 1 aromatic carbocycles. The molecule has 0 bridgehead atoms. The van der Waals surface area contributed by atoms with Gasteiger partial charge in [0.2, 0.25) is 11.8 Å². The van der Waals surface area contributed by atoms with Gasteiger partial charge in [0.1, 0.15) is 5.58 Å². The fraction of sp³-hybridized carbons (Fsp3) is 0.200. The average molecular weight is 316 g/mol. The number of rotatable bonds is 5. The van der Waals surface area contributed by atoms with Crippen LogP contribution in [0.2, 0.25) is 0 Å². The van der Waals surface area contributed by atoms with Crippen LogP contribution in [0.15, 0.2) is 44.6 Å². The lowest BCUT2D eigenvalue weighted by Crippen LogP contribution is -2.31. The van der Waals surface area contributed by atoms with E-state index in [1.54, 1.807) is 31.2 Å². The second-order valence-electron chi connectivity index (χ2n) is 4.79. The predicted molar refractivity (Wildman–Crippen MR) is 84.4 cm³/mol. The van der Waals surface area contributed by atoms with Gasteiger partial charge in [0.05, 0.1) is 11.3 Å². The molecule has 0 unspecified atom stereocenters. The predicted octanol–water partition coefficient (Wildman–Crippen LogP) is 0.403. The van der Waals surface area contributed by atoms with Crippen LogP contribution < -0.4 is 22.3 Å². The number of nitrogens with one attached hydrogen (secondary N) is 2. The third kappa shape index (κ3) is 4.24. The maximum Gasteiger partial charge on any atom is 0.345 e. The molecule has 0 atom stereocenters. The number of hydrazine groups is 1. The summed E-state index contributed by atoms with van der Waals surface area (Å²) in [6.45, 7) is 1.58. The van der Waals surface area contributed by atoms with Crippen molar-refractivity contribution in [3.05, 3.63) is 46.3 Å². The highest BCUT2D eigenvalue weighted by Gasteiger charge is 2.09. The van der Waals surface area contributed by atoms with Crippen LogP contribution in [-0.2, 0) is 9.59 Å². The van der Waals surface area contributed by atoms with Gasteiger partial charge in [-0.3, -0.25) is 15.0 Å². The number of carbonyl (C=O) groups is 2. The minimum absolute atomic E-state index is 0.0466. The number of fused-ring (bicyclic) bond motifs is 1. The largest absolute Gasteiger partial charge is 0.422 e. The number of hydrogen-bond donors (Lipinski definition) is 3. The first-order valence-corrected chi connectivity index (χ1v) is 6.87. The van der Waals surface area contributed by atoms with Gasteiger partial charge in [-0.15, -0.1) is 0 Å². The second kappa shape index (κ2) is 7.32. The lowest BCUT2D eigenvalue weighted by Gasteiger charge is -2.03. The molecule has 0 saturated heterocycles. The molecule has 23 heavy (non-hydrogen) atoms. The van der Waals surface area contributed by atoms with Crippen molar-refractivity contribution < 1.29 is 14.0 Å². The van der Waals surface area contributed by atoms with Crippen LogP contribution in [0, 0.1) is 0 Å². The highest BCUT2D eigenvalue weighted by molar-refractivity contribution is 6.01. The van der Waals surface area contributed by atoms with Crippen LogP contribution in [0.3, 0.4) is 0 Å². The number of amides is 2. The van der Waals surface area contributed by atoms with Crippen LogP contribution in [0.25, 0.3) is 11.0 Å². The summed E-state index contributed by atoms with van der Waals surface area (Å²) in [6.07, 6.45) is -0.110. The fourth-order valence-corrected chi connectivity index (χ4v) is 1.88. The minimum atomic E-state index is -0.540. The van der Waals surface area contributed by atoms with Crippen molar-refractivity contribution in [3.8, 4) is 0 Å². The van der Waals surface area contributed by atoms with E-state index in [4.69, 9.17) is 10.3 Å². The smallest absolute Gasteiger partial charge is 0.345 e. The molecule has 0 aliphatic carbocycles. The normalized spacial score (nSPS) is 11.3. The van der Waals surface area contributed by atoms with Gasteiger partial charge in [0.15, 0.2) is 0 Å². The van der Waals surface area contributed by atoms with Gasteiger partial charge in [-0.2, -0.15) is 5.10 Å². The molecule has 0 fully saturated rings. The van der Waals surface area contributed by atoms with Gasteiger partial charge in [-0.05, 0) is 19.1 Å². The van der Waals surface area contributed by atoms with E-state index in [0.717, 1.165) is 5.39 Å². The third-order valence-electron chi connectivity index (χ3n) is 3.12. The molecular weight excluding hydrogens is 300 g/mol. The SMILES string of the molecule is CC(=NNC(=O)CCC(=O)NN)c1cc2ccccc2oc1=O. The quantitative estimate of drug-likeness (QED) is 0.242. The summed E-state index contributed by atoms with van der Waals surface area (Å²) in [5, 5.41) is 4.61. The number of nitrogens with zero attached hydrogens (tertiary/aromatic N) is 1. The molecule has 2 aromatic rings. The van der Waals surface area contributed by atoms with Gasteiger partial charge >= 0.3 is 5.63 Å². The zero-order valence-corrected chi connectivity index (χ0v) is 12.5. The van der Waals surface area contributed by atoms with Crippen molar-refractivity contribution in [3.63, 3.8) is 0 Å². The molecule has 1 aromatic heterocycles. The molecule has 0 radical (unpaired) electrons. The van der Waals surface area contributed by atoms with E-state index in [1.165, 1.54) is 0 Å². The summed E-state index contributed by atoms with van der Waals surface area (Å²) in [6, 6.07) is 8.73. The van der Waals surface area contributed by atoms with E-state index in [0.29, 0.717) is 11.3 Å². The Kier molecular flexibility index (Phi) is 5.21. The average Bonchev–Trinajstić information content (AvgIpc) is 2.56. The first-order valence-electron chi connectivity index (χ1n) is 6.87. The van der Waals surface area contributed by atoms with Crippen molar-refractivity contribution in [2.75, 3.05) is 0 Å². The summed E-state index contributed by atoms with van der Waals surface area (Å²) in [4.78, 5) is 34.4. The second-order valence-corrected chi connectivity index (χ2v) is 4.79. The molecule has 4 N–H and O–H groups in total. The van der Waals surface area contributed by atoms with Crippen LogP contribution in [0.4, 0.5) is 0 Å². The Bertz CT molecular complexity index is 826. The molecule has 8 nitrogen and oxygen atoms in total. The van der Waals surface area contributed by atoms with E-state index in [9.17, 15) is 14.4 Å². The molecular formula is C15H16N4O4. The van der Waals surface area contributed by atoms with E-state index in [2.05, 4.69) is 10.5 Å². The highest BCUT2D eigenvalue weighted by atomic mass is 16.4. The highest BCUT2D eigenvalue weighted by Crippen LogP contribution is 2.12. The Balaban J connectivity index is 2.12. The fourth-order valence-electron chi connectivity index (χ4n) is 1.88. The van der Waals surface area contributed by atoms with E-state index in [-0.39, 0.29) is 18.4 Å². The molecule has 2 amide bonds. The van der Waals surface area contributed by atoms with Gasteiger partial charge < -0.3 is 4.42 Å². The number of para-hydroxylation sites is 1. The van der Waals surface area contributed by atoms with Crippen molar-refractivity contribution in [1.82, 2.24) is 10.9 Å². The maximum absolute atomic E-state index is 11.9. The standard InChI is InChI=1S/C15H16N4O4/c1-9(18-19-14(21)7-6-13(20)17-16)11-8-10-4-2-3-5-12(10)23-15(11)22/h2-5,8H,6-7,16H2,1H3,(H,17,20)(H,19,21). The van der Waals surface area contributed by atoms with Crippen LogP contribution in [0.5, 0.6) is 0 Å². The first kappa shape index (κ1) is 16.4. The van der Waals surface area contributed by atoms with E-state index in [1.807, 2.05) is 11.5 Å². The molecule has 0 spiro atoms. The number of carbonyl (C=O) groups excluding carboxylic acids is 2. The van der Waals surface area contributed by atoms with Gasteiger partial charge in [0.25, 0.3) is 0 Å². The van der Waals surface area contributed by atoms with Gasteiger partial charge in [0, 0.05) is 18.2 Å². The van der Waals surface area contributed by atoms with Crippen LogP contribution >= 0.6 is 0 Å². The number of benzene rings is 1. The summed E-state index contributed by atoms with van der Waals surface area (Å²) >= 11 is 0. The van der Waals surface area contributed by atoms with Crippen molar-refractivity contribution in [2.24, 2.45) is 10.9 Å².